The molecule has 1 unspecified atom stereocenters. The molecule has 0 bridgehead atoms. The molecular formula is C18H23N5O3S. The standard InChI is InChI=1S/C18H23N5O3S/c1-22(11-7-14-5-9-19-10-6-14)18(24)16-3-4-17(21-20-16)23(2)15-8-12-27(25,26)13-15/h3-6,9-10,15H,7-8,11-13H2,1-2H3. The molecule has 0 spiro atoms. The second-order valence-corrected chi connectivity index (χ2v) is 9.01. The molecule has 8 nitrogen and oxygen atoms in total. The van der Waals surface area contributed by atoms with Gasteiger partial charge in [0.05, 0.1) is 11.5 Å². The van der Waals surface area contributed by atoms with Crippen molar-refractivity contribution in [2.24, 2.45) is 0 Å². The Morgan fingerprint density at radius 3 is 2.48 bits per heavy atom. The zero-order valence-electron chi connectivity index (χ0n) is 15.4. The molecule has 0 N–H and O–H groups in total. The fourth-order valence-corrected chi connectivity index (χ4v) is 4.81. The van der Waals surface area contributed by atoms with Crippen LogP contribution in [0.1, 0.15) is 22.5 Å². The van der Waals surface area contributed by atoms with Gasteiger partial charge in [-0.1, -0.05) is 0 Å². The van der Waals surface area contributed by atoms with Crippen LogP contribution < -0.4 is 4.90 Å². The maximum atomic E-state index is 12.5. The zero-order valence-corrected chi connectivity index (χ0v) is 16.3. The second-order valence-electron chi connectivity index (χ2n) is 6.78. The molecule has 9 heteroatoms. The number of sulfone groups is 1. The lowest BCUT2D eigenvalue weighted by molar-refractivity contribution is 0.0789. The molecule has 1 saturated heterocycles. The highest BCUT2D eigenvalue weighted by atomic mass is 32.2. The van der Waals surface area contributed by atoms with E-state index in [1.807, 2.05) is 17.0 Å². The molecule has 1 aliphatic rings. The Hall–Kier alpha value is -2.55. The van der Waals surface area contributed by atoms with E-state index in [1.165, 1.54) is 0 Å². The number of nitrogens with zero attached hydrogens (tertiary/aromatic N) is 5. The van der Waals surface area contributed by atoms with E-state index in [4.69, 9.17) is 0 Å². The van der Waals surface area contributed by atoms with Crippen LogP contribution in [0.2, 0.25) is 0 Å². The van der Waals surface area contributed by atoms with Crippen molar-refractivity contribution in [2.45, 2.75) is 18.9 Å². The molecule has 1 amide bonds. The van der Waals surface area contributed by atoms with Gasteiger partial charge in [-0.2, -0.15) is 0 Å². The summed E-state index contributed by atoms with van der Waals surface area (Å²) in [5, 5.41) is 8.16. The summed E-state index contributed by atoms with van der Waals surface area (Å²) in [7, 11) is 0.569. The fraction of sp³-hybridized carbons (Fsp3) is 0.444. The summed E-state index contributed by atoms with van der Waals surface area (Å²) in [6.45, 7) is 0.562. The van der Waals surface area contributed by atoms with Crippen molar-refractivity contribution in [1.29, 1.82) is 0 Å². The lowest BCUT2D eigenvalue weighted by atomic mass is 10.2. The molecule has 2 aromatic heterocycles. The Bertz CT molecular complexity index is 887. The first kappa shape index (κ1) is 19.2. The summed E-state index contributed by atoms with van der Waals surface area (Å²) in [5.74, 6) is 0.694. The Labute approximate surface area is 159 Å². The summed E-state index contributed by atoms with van der Waals surface area (Å²) < 4.78 is 23.3. The van der Waals surface area contributed by atoms with Gasteiger partial charge in [0.15, 0.2) is 21.3 Å². The first-order valence-corrected chi connectivity index (χ1v) is 10.6. The molecule has 1 atom stereocenters. The van der Waals surface area contributed by atoms with Crippen LogP contribution in [0.3, 0.4) is 0 Å². The first-order chi connectivity index (χ1) is 12.9. The lowest BCUT2D eigenvalue weighted by Gasteiger charge is -2.24. The second kappa shape index (κ2) is 7.99. The summed E-state index contributed by atoms with van der Waals surface area (Å²) in [6.07, 6.45) is 4.77. The van der Waals surface area contributed by atoms with E-state index in [-0.39, 0.29) is 29.1 Å². The number of amides is 1. The van der Waals surface area contributed by atoms with Crippen molar-refractivity contribution in [1.82, 2.24) is 20.1 Å². The maximum Gasteiger partial charge on any atom is 0.274 e. The van der Waals surface area contributed by atoms with Gasteiger partial charge in [0.25, 0.3) is 5.91 Å². The predicted molar refractivity (Wildman–Crippen MR) is 102 cm³/mol. The highest BCUT2D eigenvalue weighted by Crippen LogP contribution is 2.21. The SMILES string of the molecule is CN(CCc1ccncc1)C(=O)c1ccc(N(C)C2CCS(=O)(=O)C2)nn1. The van der Waals surface area contributed by atoms with Gasteiger partial charge in [0.2, 0.25) is 0 Å². The number of carbonyl (C=O) groups is 1. The average molecular weight is 389 g/mol. The van der Waals surface area contributed by atoms with Gasteiger partial charge < -0.3 is 9.80 Å². The molecule has 0 saturated carbocycles. The van der Waals surface area contributed by atoms with E-state index >= 15 is 0 Å². The molecule has 3 rings (SSSR count). The lowest BCUT2D eigenvalue weighted by Crippen LogP contribution is -2.34. The number of aromatic nitrogens is 3. The van der Waals surface area contributed by atoms with Crippen LogP contribution in [0.25, 0.3) is 0 Å². The number of hydrogen-bond donors (Lipinski definition) is 0. The van der Waals surface area contributed by atoms with Gasteiger partial charge in [-0.3, -0.25) is 9.78 Å². The Morgan fingerprint density at radius 2 is 1.89 bits per heavy atom. The Kier molecular flexibility index (Phi) is 5.69. The molecular weight excluding hydrogens is 366 g/mol. The summed E-state index contributed by atoms with van der Waals surface area (Å²) in [6, 6.07) is 7.08. The van der Waals surface area contributed by atoms with E-state index in [0.29, 0.717) is 18.8 Å². The molecule has 1 fully saturated rings. The van der Waals surface area contributed by atoms with Gasteiger partial charge in [0.1, 0.15) is 0 Å². The minimum absolute atomic E-state index is 0.103. The van der Waals surface area contributed by atoms with Gasteiger partial charge >= 0.3 is 0 Å². The third-order valence-electron chi connectivity index (χ3n) is 4.82. The van der Waals surface area contributed by atoms with E-state index in [9.17, 15) is 13.2 Å². The van der Waals surface area contributed by atoms with Crippen LogP contribution >= 0.6 is 0 Å². The Balaban J connectivity index is 1.59. The molecule has 27 heavy (non-hydrogen) atoms. The summed E-state index contributed by atoms with van der Waals surface area (Å²) in [4.78, 5) is 19.9. The number of pyridine rings is 1. The molecule has 3 heterocycles. The minimum atomic E-state index is -2.97. The molecule has 144 valence electrons. The summed E-state index contributed by atoms with van der Waals surface area (Å²) in [5.41, 5.74) is 1.38. The van der Waals surface area contributed by atoms with Crippen molar-refractivity contribution in [3.05, 3.63) is 47.9 Å². The molecule has 1 aliphatic heterocycles. The topological polar surface area (TPSA) is 96.4 Å². The number of hydrogen-bond acceptors (Lipinski definition) is 7. The van der Waals surface area contributed by atoms with E-state index in [2.05, 4.69) is 15.2 Å². The van der Waals surface area contributed by atoms with Crippen LogP contribution in [0.4, 0.5) is 5.82 Å². The number of likely N-dealkylation sites (N-methyl/N-ethyl adjacent to an activating group) is 1. The van der Waals surface area contributed by atoms with Crippen LogP contribution in [-0.2, 0) is 16.3 Å². The molecule has 2 aromatic rings. The van der Waals surface area contributed by atoms with E-state index in [0.717, 1.165) is 12.0 Å². The third kappa shape index (κ3) is 4.79. The minimum Gasteiger partial charge on any atom is -0.354 e. The first-order valence-electron chi connectivity index (χ1n) is 8.77. The number of rotatable bonds is 6. The largest absolute Gasteiger partial charge is 0.354 e. The van der Waals surface area contributed by atoms with Gasteiger partial charge in [0, 0.05) is 39.1 Å². The van der Waals surface area contributed by atoms with Crippen LogP contribution in [0, 0.1) is 0 Å². The normalized spacial score (nSPS) is 18.2. The van der Waals surface area contributed by atoms with Crippen molar-refractivity contribution in [2.75, 3.05) is 37.0 Å². The van der Waals surface area contributed by atoms with E-state index in [1.54, 1.807) is 43.5 Å². The monoisotopic (exact) mass is 389 g/mol. The predicted octanol–water partition coefficient (Wildman–Crippen LogP) is 0.810. The molecule has 0 aromatic carbocycles. The number of anilines is 1. The van der Waals surface area contributed by atoms with Crippen LogP contribution in [0.15, 0.2) is 36.7 Å². The van der Waals surface area contributed by atoms with Crippen molar-refractivity contribution in [3.8, 4) is 0 Å². The van der Waals surface area contributed by atoms with Gasteiger partial charge in [-0.05, 0) is 42.7 Å². The van der Waals surface area contributed by atoms with Crippen molar-refractivity contribution >= 4 is 21.6 Å². The Morgan fingerprint density at radius 1 is 1.15 bits per heavy atom. The zero-order chi connectivity index (χ0) is 19.4. The maximum absolute atomic E-state index is 12.5. The quantitative estimate of drug-likeness (QED) is 0.721. The smallest absolute Gasteiger partial charge is 0.274 e. The van der Waals surface area contributed by atoms with Gasteiger partial charge in [-0.25, -0.2) is 8.42 Å². The average Bonchev–Trinajstić information content (AvgIpc) is 3.05. The highest BCUT2D eigenvalue weighted by Gasteiger charge is 2.31. The highest BCUT2D eigenvalue weighted by molar-refractivity contribution is 7.91. The van der Waals surface area contributed by atoms with E-state index < -0.39 is 9.84 Å². The third-order valence-corrected chi connectivity index (χ3v) is 6.57. The van der Waals surface area contributed by atoms with Crippen LogP contribution in [-0.4, -0.2) is 72.6 Å². The molecule has 0 radical (unpaired) electrons. The van der Waals surface area contributed by atoms with Crippen molar-refractivity contribution in [3.63, 3.8) is 0 Å². The molecule has 0 aliphatic carbocycles. The fourth-order valence-electron chi connectivity index (χ4n) is 3.04. The van der Waals surface area contributed by atoms with Crippen molar-refractivity contribution < 1.29 is 13.2 Å². The van der Waals surface area contributed by atoms with Crippen LogP contribution in [0.5, 0.6) is 0 Å². The number of carbonyl (C=O) groups excluding carboxylic acids is 1. The summed E-state index contributed by atoms with van der Waals surface area (Å²) >= 11 is 0. The van der Waals surface area contributed by atoms with Gasteiger partial charge in [-0.15, -0.1) is 10.2 Å².